The zero-order chi connectivity index (χ0) is 21.1. The second-order valence-corrected chi connectivity index (χ2v) is 8.39. The van der Waals surface area contributed by atoms with E-state index in [0.29, 0.717) is 31.0 Å². The van der Waals surface area contributed by atoms with Crippen LogP contribution in [0.4, 0.5) is 10.1 Å². The van der Waals surface area contributed by atoms with Crippen LogP contribution in [0, 0.1) is 29.0 Å². The van der Waals surface area contributed by atoms with Crippen LogP contribution < -0.4 is 26.8 Å². The highest BCUT2D eigenvalue weighted by atomic mass is 19.1. The van der Waals surface area contributed by atoms with Crippen LogP contribution in [0.15, 0.2) is 18.2 Å². The van der Waals surface area contributed by atoms with Crippen molar-refractivity contribution < 1.29 is 14.0 Å². The summed E-state index contributed by atoms with van der Waals surface area (Å²) in [5, 5.41) is 18.1. The summed E-state index contributed by atoms with van der Waals surface area (Å²) >= 11 is 0. The van der Waals surface area contributed by atoms with Crippen LogP contribution in [0.3, 0.4) is 0 Å². The number of rotatable bonds is 7. The highest BCUT2D eigenvalue weighted by molar-refractivity contribution is 5.92. The number of halogens is 1. The quantitative estimate of drug-likeness (QED) is 0.445. The Morgan fingerprint density at radius 3 is 2.73 bits per heavy atom. The van der Waals surface area contributed by atoms with E-state index in [4.69, 9.17) is 0 Å². The SMILES string of the molecule is N#CC(NC(=O)C(CC1CC1)NC(=O)C1Cc2cccc(F)c2N1)C1CCNNC1. The summed E-state index contributed by atoms with van der Waals surface area (Å²) in [5.74, 6) is -0.632. The molecule has 0 bridgehead atoms. The molecule has 8 nitrogen and oxygen atoms in total. The Bertz CT molecular complexity index is 846. The number of amides is 2. The Balaban J connectivity index is 1.38. The van der Waals surface area contributed by atoms with Gasteiger partial charge in [-0.2, -0.15) is 5.26 Å². The predicted octanol–water partition coefficient (Wildman–Crippen LogP) is 0.570. The van der Waals surface area contributed by atoms with E-state index < -0.39 is 18.1 Å². The van der Waals surface area contributed by atoms with Gasteiger partial charge in [-0.1, -0.05) is 25.0 Å². The van der Waals surface area contributed by atoms with Gasteiger partial charge in [-0.05, 0) is 30.4 Å². The van der Waals surface area contributed by atoms with E-state index in [1.165, 1.54) is 6.07 Å². The highest BCUT2D eigenvalue weighted by Gasteiger charge is 2.36. The number of benzene rings is 1. The molecule has 4 unspecified atom stereocenters. The van der Waals surface area contributed by atoms with Crippen LogP contribution >= 0.6 is 0 Å². The van der Waals surface area contributed by atoms with Crippen LogP contribution in [-0.2, 0) is 16.0 Å². The number of anilines is 1. The molecule has 2 fully saturated rings. The van der Waals surface area contributed by atoms with Gasteiger partial charge in [0.25, 0.3) is 0 Å². The lowest BCUT2D eigenvalue weighted by Crippen LogP contribution is -2.56. The fourth-order valence-corrected chi connectivity index (χ4v) is 4.14. The Morgan fingerprint density at radius 2 is 2.07 bits per heavy atom. The van der Waals surface area contributed by atoms with E-state index in [1.807, 2.05) is 0 Å². The molecule has 1 aromatic carbocycles. The molecule has 1 saturated carbocycles. The third-order valence-corrected chi connectivity index (χ3v) is 6.10. The van der Waals surface area contributed by atoms with Crippen molar-refractivity contribution in [2.45, 2.75) is 50.2 Å². The summed E-state index contributed by atoms with van der Waals surface area (Å²) in [6.45, 7) is 1.32. The van der Waals surface area contributed by atoms with Gasteiger partial charge in [-0.3, -0.25) is 20.4 Å². The van der Waals surface area contributed by atoms with Gasteiger partial charge in [0.15, 0.2) is 0 Å². The van der Waals surface area contributed by atoms with E-state index in [-0.39, 0.29) is 23.5 Å². The molecule has 2 heterocycles. The number of carbonyl (C=O) groups is 2. The summed E-state index contributed by atoms with van der Waals surface area (Å²) < 4.78 is 14.0. The summed E-state index contributed by atoms with van der Waals surface area (Å²) in [5.41, 5.74) is 7.13. The molecule has 1 aliphatic carbocycles. The van der Waals surface area contributed by atoms with Crippen molar-refractivity contribution in [2.75, 3.05) is 18.4 Å². The average Bonchev–Trinajstić information content (AvgIpc) is 3.46. The number of para-hydroxylation sites is 1. The maximum absolute atomic E-state index is 14.0. The minimum Gasteiger partial charge on any atom is -0.371 e. The van der Waals surface area contributed by atoms with E-state index in [2.05, 4.69) is 32.9 Å². The molecule has 4 atom stereocenters. The van der Waals surface area contributed by atoms with E-state index >= 15 is 0 Å². The summed E-state index contributed by atoms with van der Waals surface area (Å²) in [7, 11) is 0. The first-order valence-electron chi connectivity index (χ1n) is 10.5. The second-order valence-electron chi connectivity index (χ2n) is 8.39. The number of carbonyl (C=O) groups excluding carboxylic acids is 2. The number of nitriles is 1. The first-order valence-corrected chi connectivity index (χ1v) is 10.5. The van der Waals surface area contributed by atoms with Crippen LogP contribution in [0.5, 0.6) is 0 Å². The maximum atomic E-state index is 14.0. The Hall–Kier alpha value is -2.70. The minimum absolute atomic E-state index is 0.00597. The largest absolute Gasteiger partial charge is 0.371 e. The van der Waals surface area contributed by atoms with Gasteiger partial charge in [0.05, 0.1) is 11.8 Å². The number of hydrazine groups is 1. The van der Waals surface area contributed by atoms with Gasteiger partial charge < -0.3 is 16.0 Å². The molecule has 1 saturated heterocycles. The lowest BCUT2D eigenvalue weighted by Gasteiger charge is -2.29. The first kappa shape index (κ1) is 20.6. The first-order chi connectivity index (χ1) is 14.5. The molecule has 4 rings (SSSR count). The molecule has 0 radical (unpaired) electrons. The number of nitrogens with one attached hydrogen (secondary N) is 5. The van der Waals surface area contributed by atoms with E-state index in [1.54, 1.807) is 12.1 Å². The Morgan fingerprint density at radius 1 is 1.23 bits per heavy atom. The third-order valence-electron chi connectivity index (χ3n) is 6.10. The lowest BCUT2D eigenvalue weighted by molar-refractivity contribution is -0.130. The topological polar surface area (TPSA) is 118 Å². The molecule has 1 aromatic rings. The Kier molecular flexibility index (Phi) is 6.16. The van der Waals surface area contributed by atoms with Gasteiger partial charge in [0.1, 0.15) is 23.9 Å². The lowest BCUT2D eigenvalue weighted by atomic mass is 9.95. The van der Waals surface area contributed by atoms with Crippen LogP contribution in [-0.4, -0.2) is 43.0 Å². The van der Waals surface area contributed by atoms with E-state index in [0.717, 1.165) is 31.4 Å². The molecule has 0 aromatic heterocycles. The van der Waals surface area contributed by atoms with Gasteiger partial charge in [0.2, 0.25) is 11.8 Å². The van der Waals surface area contributed by atoms with Crippen molar-refractivity contribution in [1.82, 2.24) is 21.5 Å². The minimum atomic E-state index is -0.703. The van der Waals surface area contributed by atoms with Crippen molar-refractivity contribution >= 4 is 17.5 Å². The number of nitrogens with zero attached hydrogens (tertiary/aromatic N) is 1. The summed E-state index contributed by atoms with van der Waals surface area (Å²) in [6, 6.07) is 5.01. The van der Waals surface area contributed by atoms with Gasteiger partial charge >= 0.3 is 0 Å². The number of hydrogen-bond donors (Lipinski definition) is 5. The predicted molar refractivity (Wildman–Crippen MR) is 108 cm³/mol. The molecule has 160 valence electrons. The molecule has 2 amide bonds. The van der Waals surface area contributed by atoms with Crippen molar-refractivity contribution in [3.63, 3.8) is 0 Å². The standard InChI is InChI=1S/C21H27FN6O2/c22-15-3-1-2-13-9-17(26-19(13)15)21(30)27-16(8-12-4-5-12)20(29)28-18(10-23)14-6-7-24-25-11-14/h1-3,12,14,16-18,24-26H,4-9,11H2,(H,27,30)(H,28,29). The van der Waals surface area contributed by atoms with Crippen LogP contribution in [0.25, 0.3) is 0 Å². The zero-order valence-electron chi connectivity index (χ0n) is 16.7. The van der Waals surface area contributed by atoms with Crippen LogP contribution in [0.1, 0.15) is 31.2 Å². The molecule has 2 aliphatic heterocycles. The molecule has 30 heavy (non-hydrogen) atoms. The maximum Gasteiger partial charge on any atom is 0.243 e. The fraction of sp³-hybridized carbons (Fsp3) is 0.571. The van der Waals surface area contributed by atoms with Crippen molar-refractivity contribution in [2.24, 2.45) is 11.8 Å². The summed E-state index contributed by atoms with van der Waals surface area (Å²) in [6.07, 6.45) is 3.78. The molecule has 3 aliphatic rings. The molecular formula is C21H27FN6O2. The van der Waals surface area contributed by atoms with Crippen molar-refractivity contribution in [1.29, 1.82) is 5.26 Å². The van der Waals surface area contributed by atoms with Gasteiger partial charge in [-0.25, -0.2) is 4.39 Å². The number of fused-ring (bicyclic) bond motifs is 1. The Labute approximate surface area is 174 Å². The van der Waals surface area contributed by atoms with Crippen molar-refractivity contribution in [3.8, 4) is 6.07 Å². The zero-order valence-corrected chi connectivity index (χ0v) is 16.7. The monoisotopic (exact) mass is 414 g/mol. The molecule has 5 N–H and O–H groups in total. The smallest absolute Gasteiger partial charge is 0.243 e. The van der Waals surface area contributed by atoms with Crippen LogP contribution in [0.2, 0.25) is 0 Å². The van der Waals surface area contributed by atoms with Gasteiger partial charge in [0, 0.05) is 25.4 Å². The third kappa shape index (κ3) is 4.71. The molecule has 0 spiro atoms. The normalized spacial score (nSPS) is 24.7. The average molecular weight is 414 g/mol. The number of hydrogen-bond acceptors (Lipinski definition) is 6. The molecular weight excluding hydrogens is 387 g/mol. The second kappa shape index (κ2) is 8.98. The highest BCUT2D eigenvalue weighted by Crippen LogP contribution is 2.34. The molecule has 9 heteroatoms. The van der Waals surface area contributed by atoms with Crippen molar-refractivity contribution in [3.05, 3.63) is 29.6 Å². The van der Waals surface area contributed by atoms with E-state index in [9.17, 15) is 19.2 Å². The fourth-order valence-electron chi connectivity index (χ4n) is 4.14. The van der Waals surface area contributed by atoms with Gasteiger partial charge in [-0.15, -0.1) is 0 Å². The summed E-state index contributed by atoms with van der Waals surface area (Å²) in [4.78, 5) is 25.8.